The molecule has 150 valence electrons. The lowest BCUT2D eigenvalue weighted by atomic mass is 9.93. The van der Waals surface area contributed by atoms with Gasteiger partial charge >= 0.3 is 0 Å². The number of methoxy groups -OCH3 is 1. The van der Waals surface area contributed by atoms with Crippen molar-refractivity contribution in [2.45, 2.75) is 39.2 Å². The number of hydrogen-bond acceptors (Lipinski definition) is 8. The van der Waals surface area contributed by atoms with E-state index in [0.717, 1.165) is 60.7 Å². The van der Waals surface area contributed by atoms with Crippen LogP contribution in [0.25, 0.3) is 5.65 Å². The third-order valence-corrected chi connectivity index (χ3v) is 5.71. The van der Waals surface area contributed by atoms with Gasteiger partial charge in [-0.2, -0.15) is 4.37 Å². The van der Waals surface area contributed by atoms with E-state index in [0.29, 0.717) is 6.61 Å². The van der Waals surface area contributed by atoms with E-state index in [1.165, 1.54) is 11.5 Å². The predicted molar refractivity (Wildman–Crippen MR) is 111 cm³/mol. The quantitative estimate of drug-likeness (QED) is 0.666. The van der Waals surface area contributed by atoms with Crippen LogP contribution in [0.2, 0.25) is 0 Å². The van der Waals surface area contributed by atoms with Crippen molar-refractivity contribution in [1.82, 2.24) is 24.0 Å². The number of hydrogen-bond donors (Lipinski definition) is 0. The van der Waals surface area contributed by atoms with Crippen molar-refractivity contribution in [3.63, 3.8) is 0 Å². The highest BCUT2D eigenvalue weighted by molar-refractivity contribution is 7.09. The molecule has 0 bridgehead atoms. The minimum Gasteiger partial charge on any atom is -0.377 e. The van der Waals surface area contributed by atoms with Gasteiger partial charge in [-0.25, -0.2) is 14.5 Å². The van der Waals surface area contributed by atoms with Crippen LogP contribution in [0.3, 0.4) is 0 Å². The second-order valence-electron chi connectivity index (χ2n) is 8.12. The zero-order valence-electron chi connectivity index (χ0n) is 16.9. The van der Waals surface area contributed by atoms with Crippen LogP contribution in [0, 0.1) is 0 Å². The molecule has 0 N–H and O–H groups in total. The molecule has 1 aliphatic rings. The Hall–Kier alpha value is -2.26. The number of fused-ring (bicyclic) bond motifs is 1. The van der Waals surface area contributed by atoms with Crippen LogP contribution in [0.1, 0.15) is 38.7 Å². The second kappa shape index (κ2) is 7.63. The van der Waals surface area contributed by atoms with E-state index in [1.54, 1.807) is 7.11 Å². The van der Waals surface area contributed by atoms with Gasteiger partial charge in [0, 0.05) is 50.2 Å². The summed E-state index contributed by atoms with van der Waals surface area (Å²) in [6.45, 7) is 10.7. The topological polar surface area (TPSA) is 71.7 Å². The first kappa shape index (κ1) is 19.1. The molecule has 8 nitrogen and oxygen atoms in total. The number of ether oxygens (including phenoxy) is 1. The van der Waals surface area contributed by atoms with Crippen molar-refractivity contribution in [3.05, 3.63) is 29.8 Å². The zero-order valence-corrected chi connectivity index (χ0v) is 17.7. The summed E-state index contributed by atoms with van der Waals surface area (Å²) < 4.78 is 11.4. The van der Waals surface area contributed by atoms with Crippen LogP contribution in [-0.4, -0.2) is 57.2 Å². The highest BCUT2D eigenvalue weighted by atomic mass is 32.1. The van der Waals surface area contributed by atoms with Gasteiger partial charge in [-0.1, -0.05) is 20.8 Å². The van der Waals surface area contributed by atoms with Crippen molar-refractivity contribution in [2.24, 2.45) is 0 Å². The maximum atomic E-state index is 5.13. The first-order valence-electron chi connectivity index (χ1n) is 9.62. The molecule has 28 heavy (non-hydrogen) atoms. The van der Waals surface area contributed by atoms with Gasteiger partial charge in [0.05, 0.1) is 11.9 Å². The Balaban J connectivity index is 1.49. The smallest absolute Gasteiger partial charge is 0.205 e. The van der Waals surface area contributed by atoms with E-state index in [2.05, 4.69) is 52.1 Å². The summed E-state index contributed by atoms with van der Waals surface area (Å²) in [5.74, 6) is 1.75. The number of rotatable bonds is 4. The fourth-order valence-corrected chi connectivity index (χ4v) is 4.03. The fraction of sp³-hybridized carbons (Fsp3) is 0.579. The lowest BCUT2D eigenvalue weighted by molar-refractivity contribution is 0.179. The fourth-order valence-electron chi connectivity index (χ4n) is 3.30. The summed E-state index contributed by atoms with van der Waals surface area (Å²) in [6.07, 6.45) is 3.09. The van der Waals surface area contributed by atoms with Crippen molar-refractivity contribution >= 4 is 28.1 Å². The average molecular weight is 402 g/mol. The second-order valence-corrected chi connectivity index (χ2v) is 8.85. The summed E-state index contributed by atoms with van der Waals surface area (Å²) >= 11 is 1.45. The van der Waals surface area contributed by atoms with Crippen molar-refractivity contribution in [1.29, 1.82) is 0 Å². The highest BCUT2D eigenvalue weighted by Crippen LogP contribution is 2.24. The summed E-state index contributed by atoms with van der Waals surface area (Å²) in [6, 6.07) is 4.13. The normalized spacial score (nSPS) is 16.0. The molecular formula is C19H27N7OS. The van der Waals surface area contributed by atoms with Crippen molar-refractivity contribution in [3.8, 4) is 0 Å². The molecule has 1 saturated heterocycles. The molecule has 0 saturated carbocycles. The molecule has 4 heterocycles. The van der Waals surface area contributed by atoms with E-state index in [1.807, 2.05) is 10.7 Å². The monoisotopic (exact) mass is 401 g/mol. The first-order valence-corrected chi connectivity index (χ1v) is 10.4. The van der Waals surface area contributed by atoms with E-state index in [9.17, 15) is 0 Å². The molecule has 3 aromatic rings. The van der Waals surface area contributed by atoms with Crippen LogP contribution >= 0.6 is 11.5 Å². The van der Waals surface area contributed by atoms with Gasteiger partial charge in [0.25, 0.3) is 0 Å². The lowest BCUT2D eigenvalue weighted by Crippen LogP contribution is -2.31. The van der Waals surface area contributed by atoms with E-state index in [-0.39, 0.29) is 5.41 Å². The van der Waals surface area contributed by atoms with Gasteiger partial charge in [-0.05, 0) is 18.6 Å². The van der Waals surface area contributed by atoms with Crippen LogP contribution in [-0.2, 0) is 16.8 Å². The Morgan fingerprint density at radius 2 is 1.86 bits per heavy atom. The van der Waals surface area contributed by atoms with Gasteiger partial charge in [-0.15, -0.1) is 5.10 Å². The van der Waals surface area contributed by atoms with Gasteiger partial charge in [-0.3, -0.25) is 0 Å². The first-order chi connectivity index (χ1) is 13.4. The van der Waals surface area contributed by atoms with Crippen LogP contribution in [0.5, 0.6) is 0 Å². The Morgan fingerprint density at radius 1 is 1.07 bits per heavy atom. The molecule has 0 amide bonds. The number of anilines is 2. The molecule has 1 fully saturated rings. The summed E-state index contributed by atoms with van der Waals surface area (Å²) in [5.41, 5.74) is 1.97. The minimum absolute atomic E-state index is 0.0143. The molecule has 0 radical (unpaired) electrons. The Labute approximate surface area is 169 Å². The predicted octanol–water partition coefficient (Wildman–Crippen LogP) is 2.74. The van der Waals surface area contributed by atoms with E-state index < -0.39 is 0 Å². The molecule has 0 aromatic carbocycles. The van der Waals surface area contributed by atoms with E-state index in [4.69, 9.17) is 14.8 Å². The SMILES string of the molecule is COCc1nsc(N2CCCN(c3ccc4nc(C(C)(C)C)cn4n3)CC2)n1. The molecule has 0 spiro atoms. The van der Waals surface area contributed by atoms with E-state index >= 15 is 0 Å². The van der Waals surface area contributed by atoms with Crippen LogP contribution < -0.4 is 9.80 Å². The Kier molecular flexibility index (Phi) is 5.20. The molecular weight excluding hydrogens is 374 g/mol. The summed E-state index contributed by atoms with van der Waals surface area (Å²) in [5, 5.41) is 5.79. The standard InChI is InChI=1S/C19H27N7OS/c1-19(2,3)14-12-26-16(20-14)6-7-17(22-26)24-8-5-9-25(11-10-24)18-21-15(13-27-4)23-28-18/h6-7,12H,5,8-11,13H2,1-4H3. The largest absolute Gasteiger partial charge is 0.377 e. The molecule has 0 aliphatic carbocycles. The molecule has 4 rings (SSSR count). The average Bonchev–Trinajstić information content (AvgIpc) is 3.22. The third kappa shape index (κ3) is 3.95. The van der Waals surface area contributed by atoms with Gasteiger partial charge in [0.1, 0.15) is 12.4 Å². The molecule has 1 aliphatic heterocycles. The lowest BCUT2D eigenvalue weighted by Gasteiger charge is -2.22. The number of imidazole rings is 1. The van der Waals surface area contributed by atoms with Gasteiger partial charge in [0.15, 0.2) is 11.5 Å². The number of nitrogens with zero attached hydrogens (tertiary/aromatic N) is 7. The maximum absolute atomic E-state index is 5.13. The zero-order chi connectivity index (χ0) is 19.7. The summed E-state index contributed by atoms with van der Waals surface area (Å²) in [4.78, 5) is 13.9. The molecule has 0 unspecified atom stereocenters. The highest BCUT2D eigenvalue weighted by Gasteiger charge is 2.21. The number of aromatic nitrogens is 5. The Morgan fingerprint density at radius 3 is 2.64 bits per heavy atom. The molecule has 9 heteroatoms. The maximum Gasteiger partial charge on any atom is 0.205 e. The van der Waals surface area contributed by atoms with Gasteiger partial charge < -0.3 is 14.5 Å². The van der Waals surface area contributed by atoms with Crippen LogP contribution in [0.15, 0.2) is 18.3 Å². The summed E-state index contributed by atoms with van der Waals surface area (Å²) in [7, 11) is 1.67. The van der Waals surface area contributed by atoms with Crippen LogP contribution in [0.4, 0.5) is 10.9 Å². The minimum atomic E-state index is 0.0143. The molecule has 3 aromatic heterocycles. The van der Waals surface area contributed by atoms with Crippen molar-refractivity contribution in [2.75, 3.05) is 43.1 Å². The third-order valence-electron chi connectivity index (χ3n) is 4.90. The Bertz CT molecular complexity index is 945. The molecule has 0 atom stereocenters. The van der Waals surface area contributed by atoms with Crippen molar-refractivity contribution < 1.29 is 4.74 Å². The van der Waals surface area contributed by atoms with Gasteiger partial charge in [0.2, 0.25) is 5.13 Å².